The number of hydrogen-bond donors (Lipinski definition) is 0. The number of alkyl halides is 2. The maximum atomic E-state index is 6.19. The van der Waals surface area contributed by atoms with Gasteiger partial charge in [-0.05, 0) is 19.8 Å². The third-order valence-electron chi connectivity index (χ3n) is 2.28. The van der Waals surface area contributed by atoms with E-state index in [9.17, 15) is 0 Å². The van der Waals surface area contributed by atoms with Gasteiger partial charge < -0.3 is 0 Å². The molecule has 0 amide bonds. The molecule has 2 unspecified atom stereocenters. The Morgan fingerprint density at radius 2 is 2.00 bits per heavy atom. The molecule has 0 aliphatic heterocycles. The molecular weight excluding hydrogens is 167 g/mol. The van der Waals surface area contributed by atoms with Crippen molar-refractivity contribution in [2.75, 3.05) is 0 Å². The minimum absolute atomic E-state index is 0.141. The molecule has 0 heterocycles. The molecule has 0 N–H and O–H groups in total. The first-order chi connectivity index (χ1) is 4.63. The maximum Gasteiger partial charge on any atom is 0.0581 e. The van der Waals surface area contributed by atoms with Gasteiger partial charge in [-0.3, -0.25) is 0 Å². The van der Waals surface area contributed by atoms with Crippen molar-refractivity contribution in [1.29, 1.82) is 0 Å². The SMILES string of the molecule is CC1(Cl)CCCCCC1Cl. The quantitative estimate of drug-likeness (QED) is 0.396. The highest BCUT2D eigenvalue weighted by Gasteiger charge is 2.31. The molecule has 1 saturated carbocycles. The van der Waals surface area contributed by atoms with Crippen LogP contribution >= 0.6 is 23.2 Å². The average molecular weight is 181 g/mol. The fraction of sp³-hybridized carbons (Fsp3) is 1.00. The number of rotatable bonds is 0. The summed E-state index contributed by atoms with van der Waals surface area (Å²) in [6.07, 6.45) is 5.94. The van der Waals surface area contributed by atoms with E-state index < -0.39 is 0 Å². The van der Waals surface area contributed by atoms with Crippen molar-refractivity contribution in [3.05, 3.63) is 0 Å². The summed E-state index contributed by atoms with van der Waals surface area (Å²) in [6, 6.07) is 0. The number of halogens is 2. The second-order valence-corrected chi connectivity index (χ2v) is 4.74. The Kier molecular flexibility index (Phi) is 2.88. The van der Waals surface area contributed by atoms with Crippen molar-refractivity contribution in [1.82, 2.24) is 0 Å². The minimum atomic E-state index is -0.141. The molecule has 2 heteroatoms. The molecule has 0 spiro atoms. The first-order valence-corrected chi connectivity index (χ1v) is 4.77. The molecule has 1 aliphatic carbocycles. The van der Waals surface area contributed by atoms with Crippen LogP contribution in [-0.4, -0.2) is 10.3 Å². The van der Waals surface area contributed by atoms with Crippen LogP contribution in [-0.2, 0) is 0 Å². The molecule has 60 valence electrons. The Balaban J connectivity index is 2.52. The average Bonchev–Trinajstić information content (AvgIpc) is 1.96. The van der Waals surface area contributed by atoms with Crippen LogP contribution in [0.1, 0.15) is 39.0 Å². The lowest BCUT2D eigenvalue weighted by molar-refractivity contribution is 0.552. The molecule has 0 radical (unpaired) electrons. The third-order valence-corrected chi connectivity index (χ3v) is 3.54. The predicted molar refractivity (Wildman–Crippen MR) is 47.0 cm³/mol. The molecule has 0 saturated heterocycles. The van der Waals surface area contributed by atoms with E-state index in [1.165, 1.54) is 19.3 Å². The monoisotopic (exact) mass is 180 g/mol. The van der Waals surface area contributed by atoms with Crippen molar-refractivity contribution < 1.29 is 0 Å². The summed E-state index contributed by atoms with van der Waals surface area (Å²) in [5.74, 6) is 0. The maximum absolute atomic E-state index is 6.19. The molecule has 0 aromatic heterocycles. The van der Waals surface area contributed by atoms with Gasteiger partial charge in [-0.1, -0.05) is 19.3 Å². The van der Waals surface area contributed by atoms with E-state index in [0.29, 0.717) is 0 Å². The van der Waals surface area contributed by atoms with Gasteiger partial charge in [0.1, 0.15) is 0 Å². The Morgan fingerprint density at radius 3 is 2.70 bits per heavy atom. The molecule has 2 atom stereocenters. The lowest BCUT2D eigenvalue weighted by Gasteiger charge is -2.24. The first kappa shape index (κ1) is 8.67. The van der Waals surface area contributed by atoms with Gasteiger partial charge in [-0.25, -0.2) is 0 Å². The van der Waals surface area contributed by atoms with E-state index >= 15 is 0 Å². The summed E-state index contributed by atoms with van der Waals surface area (Å²) in [5.41, 5.74) is 0. The van der Waals surface area contributed by atoms with Gasteiger partial charge in [0.2, 0.25) is 0 Å². The van der Waals surface area contributed by atoms with Crippen molar-refractivity contribution >= 4 is 23.2 Å². The van der Waals surface area contributed by atoms with Crippen LogP contribution in [0, 0.1) is 0 Å². The highest BCUT2D eigenvalue weighted by atomic mass is 35.5. The standard InChI is InChI=1S/C8H14Cl2/c1-8(10)6-4-2-3-5-7(8)9/h7H,2-6H2,1H3. The molecule has 0 bridgehead atoms. The van der Waals surface area contributed by atoms with Crippen LogP contribution in [0.15, 0.2) is 0 Å². The molecule has 1 fully saturated rings. The normalized spacial score (nSPS) is 42.9. The van der Waals surface area contributed by atoms with Gasteiger partial charge in [0, 0.05) is 0 Å². The van der Waals surface area contributed by atoms with E-state index in [2.05, 4.69) is 6.92 Å². The Bertz CT molecular complexity index is 110. The fourth-order valence-electron chi connectivity index (χ4n) is 1.43. The van der Waals surface area contributed by atoms with Crippen molar-refractivity contribution in [2.45, 2.75) is 49.3 Å². The van der Waals surface area contributed by atoms with E-state index in [1.807, 2.05) is 0 Å². The second kappa shape index (κ2) is 3.32. The van der Waals surface area contributed by atoms with Crippen LogP contribution in [0.5, 0.6) is 0 Å². The zero-order chi connectivity index (χ0) is 7.61. The van der Waals surface area contributed by atoms with Crippen LogP contribution in [0.2, 0.25) is 0 Å². The zero-order valence-corrected chi connectivity index (χ0v) is 7.88. The summed E-state index contributed by atoms with van der Waals surface area (Å²) in [4.78, 5) is -0.141. The van der Waals surface area contributed by atoms with E-state index in [-0.39, 0.29) is 10.3 Å². The molecule has 0 aromatic rings. The summed E-state index contributed by atoms with van der Waals surface area (Å²) in [7, 11) is 0. The van der Waals surface area contributed by atoms with Gasteiger partial charge in [0.15, 0.2) is 0 Å². The van der Waals surface area contributed by atoms with Crippen LogP contribution in [0.3, 0.4) is 0 Å². The fourth-order valence-corrected chi connectivity index (χ4v) is 1.93. The molecule has 0 nitrogen and oxygen atoms in total. The van der Waals surface area contributed by atoms with Crippen molar-refractivity contribution in [3.63, 3.8) is 0 Å². The lowest BCUT2D eigenvalue weighted by atomic mass is 10.0. The molecule has 1 rings (SSSR count). The Morgan fingerprint density at radius 1 is 1.30 bits per heavy atom. The number of hydrogen-bond acceptors (Lipinski definition) is 0. The smallest absolute Gasteiger partial charge is 0.0581 e. The predicted octanol–water partition coefficient (Wildman–Crippen LogP) is 3.56. The highest BCUT2D eigenvalue weighted by molar-refractivity contribution is 6.32. The van der Waals surface area contributed by atoms with Gasteiger partial charge in [0.25, 0.3) is 0 Å². The topological polar surface area (TPSA) is 0 Å². The van der Waals surface area contributed by atoms with E-state index in [4.69, 9.17) is 23.2 Å². The van der Waals surface area contributed by atoms with Crippen LogP contribution in [0.4, 0.5) is 0 Å². The van der Waals surface area contributed by atoms with Crippen molar-refractivity contribution in [2.24, 2.45) is 0 Å². The van der Waals surface area contributed by atoms with Crippen LogP contribution < -0.4 is 0 Å². The van der Waals surface area contributed by atoms with E-state index in [0.717, 1.165) is 12.8 Å². The molecular formula is C8H14Cl2. The second-order valence-electron chi connectivity index (χ2n) is 3.34. The summed E-state index contributed by atoms with van der Waals surface area (Å²) < 4.78 is 0. The van der Waals surface area contributed by atoms with E-state index in [1.54, 1.807) is 0 Å². The van der Waals surface area contributed by atoms with Crippen molar-refractivity contribution in [3.8, 4) is 0 Å². The summed E-state index contributed by atoms with van der Waals surface area (Å²) in [5, 5.41) is 0.177. The largest absolute Gasteiger partial charge is 0.121 e. The van der Waals surface area contributed by atoms with Gasteiger partial charge in [0.05, 0.1) is 10.3 Å². The first-order valence-electron chi connectivity index (χ1n) is 3.96. The van der Waals surface area contributed by atoms with Gasteiger partial charge >= 0.3 is 0 Å². The third kappa shape index (κ3) is 2.03. The van der Waals surface area contributed by atoms with Gasteiger partial charge in [-0.2, -0.15) is 0 Å². The van der Waals surface area contributed by atoms with Gasteiger partial charge in [-0.15, -0.1) is 23.2 Å². The zero-order valence-electron chi connectivity index (χ0n) is 6.37. The molecule has 1 aliphatic rings. The molecule has 0 aromatic carbocycles. The van der Waals surface area contributed by atoms with Crippen LogP contribution in [0.25, 0.3) is 0 Å². The minimum Gasteiger partial charge on any atom is -0.121 e. The summed E-state index contributed by atoms with van der Waals surface area (Å²) in [6.45, 7) is 2.05. The molecule has 10 heavy (non-hydrogen) atoms. The Hall–Kier alpha value is 0.580. The Labute approximate surface area is 72.9 Å². The lowest BCUT2D eigenvalue weighted by Crippen LogP contribution is -2.27. The highest BCUT2D eigenvalue weighted by Crippen LogP contribution is 2.35. The summed E-state index contributed by atoms with van der Waals surface area (Å²) >= 11 is 12.3.